The molecule has 0 rings (SSSR count). The molecule has 0 nitrogen and oxygen atoms in total. The summed E-state index contributed by atoms with van der Waals surface area (Å²) in [6, 6.07) is 0. The van der Waals surface area contributed by atoms with Gasteiger partial charge >= 0.3 is 97.2 Å². The van der Waals surface area contributed by atoms with Crippen molar-refractivity contribution < 1.29 is 0 Å². The van der Waals surface area contributed by atoms with E-state index >= 15 is 0 Å². The van der Waals surface area contributed by atoms with Gasteiger partial charge < -0.3 is 0 Å². The van der Waals surface area contributed by atoms with Crippen molar-refractivity contribution in [2.75, 3.05) is 0 Å². The maximum absolute atomic E-state index is 3.35. The van der Waals surface area contributed by atoms with E-state index in [1.807, 2.05) is 0 Å². The quantitative estimate of drug-likeness (QED) is 0.393. The number of hydrogen-bond donors (Lipinski definition) is 0. The van der Waals surface area contributed by atoms with Gasteiger partial charge in [-0.1, -0.05) is 0 Å². The molecule has 0 amide bonds. The zero-order valence-corrected chi connectivity index (χ0v) is 12.2. The van der Waals surface area contributed by atoms with E-state index in [0.29, 0.717) is 0 Å². The molecule has 0 aromatic carbocycles. The van der Waals surface area contributed by atoms with Crippen LogP contribution >= 0.6 is 47.9 Å². The fourth-order valence-corrected chi connectivity index (χ4v) is 0. The Labute approximate surface area is 94.1 Å². The van der Waals surface area contributed by atoms with Crippen LogP contribution in [0.25, 0.3) is 0 Å². The molecule has 0 atom stereocenters. The second-order valence-corrected chi connectivity index (χ2v) is 102. The molecule has 0 fully saturated rings. The number of halogens is 4. The molecule has 0 spiro atoms. The first-order chi connectivity index (χ1) is 2.00. The molecule has 0 N–H and O–H groups in total. The Morgan fingerprint density at radius 3 is 0.833 bits per heavy atom. The molecule has 6 heteroatoms. The van der Waals surface area contributed by atoms with Gasteiger partial charge in [0.1, 0.15) is 0 Å². The predicted molar refractivity (Wildman–Crippen MR) is 50.0 cm³/mol. The molecular weight excluding hydrogens is 567 g/mol. The molecule has 6 heavy (non-hydrogen) atoms. The minimum atomic E-state index is -2.03. The van der Waals surface area contributed by atoms with Crippen molar-refractivity contribution in [3.05, 3.63) is 0 Å². The van der Waals surface area contributed by atoms with E-state index in [1.54, 1.807) is 0 Å². The van der Waals surface area contributed by atoms with Crippen LogP contribution in [-0.4, -0.2) is 49.3 Å². The fourth-order valence-electron chi connectivity index (χ4n) is 0. The normalized spacial score (nSPS) is 10.0. The van der Waals surface area contributed by atoms with Crippen molar-refractivity contribution >= 4 is 97.2 Å². The second-order valence-electron chi connectivity index (χ2n) is 0.429. The Morgan fingerprint density at radius 1 is 0.833 bits per heavy atom. The van der Waals surface area contributed by atoms with Crippen molar-refractivity contribution in [1.82, 2.24) is 0 Å². The molecular formula is H2Br4CaPb. The monoisotopic (exact) mass is 566 g/mol. The summed E-state index contributed by atoms with van der Waals surface area (Å²) in [7, 11) is 0. The molecule has 0 aromatic heterocycles. The average molecular weight is 569 g/mol. The van der Waals surface area contributed by atoms with Crippen LogP contribution < -0.4 is 0 Å². The summed E-state index contributed by atoms with van der Waals surface area (Å²) in [5.74, 6) is 0. The minimum absolute atomic E-state index is 0. The van der Waals surface area contributed by atoms with Gasteiger partial charge in [-0.3, -0.25) is 0 Å². The van der Waals surface area contributed by atoms with Crippen LogP contribution in [-0.2, 0) is 0 Å². The van der Waals surface area contributed by atoms with Crippen molar-refractivity contribution in [3.8, 4) is 0 Å². The van der Waals surface area contributed by atoms with E-state index < -0.39 is 11.5 Å². The van der Waals surface area contributed by atoms with Crippen molar-refractivity contribution in [1.29, 1.82) is 0 Å². The van der Waals surface area contributed by atoms with E-state index in [4.69, 9.17) is 0 Å². The number of rotatable bonds is 0. The Morgan fingerprint density at radius 2 is 0.833 bits per heavy atom. The molecule has 36 valence electrons. The van der Waals surface area contributed by atoms with Gasteiger partial charge in [0.15, 0.2) is 0 Å². The molecule has 0 saturated heterocycles. The molecule has 0 saturated carbocycles. The van der Waals surface area contributed by atoms with Gasteiger partial charge in [0.25, 0.3) is 0 Å². The van der Waals surface area contributed by atoms with E-state index in [-0.39, 0.29) is 37.7 Å². The van der Waals surface area contributed by atoms with Gasteiger partial charge in [-0.15, -0.1) is 0 Å². The summed E-state index contributed by atoms with van der Waals surface area (Å²) in [6.45, 7) is 0. The standard InChI is InChI=1S/4BrH.Ca.Pb.2H/h4*1H;;;;/q;;;;;+4;;/p-4. The van der Waals surface area contributed by atoms with Crippen LogP contribution in [0.2, 0.25) is 0 Å². The Kier molecular flexibility index (Phi) is 12.4. The topological polar surface area (TPSA) is 0 Å². The SMILES string of the molecule is [Br][Pb]([Br])([Br])[Br].[CaH2]. The van der Waals surface area contributed by atoms with E-state index in [9.17, 15) is 0 Å². The number of hydrogen-bond acceptors (Lipinski definition) is 0. The first kappa shape index (κ1) is 12.7. The van der Waals surface area contributed by atoms with Crippen molar-refractivity contribution in [3.63, 3.8) is 0 Å². The summed E-state index contributed by atoms with van der Waals surface area (Å²) in [4.78, 5) is 0. The van der Waals surface area contributed by atoms with Gasteiger partial charge in [0.2, 0.25) is 0 Å². The van der Waals surface area contributed by atoms with E-state index in [0.717, 1.165) is 0 Å². The molecule has 0 radical (unpaired) electrons. The maximum atomic E-state index is 3.35. The third kappa shape index (κ3) is 24.3. The summed E-state index contributed by atoms with van der Waals surface area (Å²) < 4.78 is 0. The summed E-state index contributed by atoms with van der Waals surface area (Å²) in [6.07, 6.45) is 0. The van der Waals surface area contributed by atoms with E-state index in [2.05, 4.69) is 47.9 Å². The van der Waals surface area contributed by atoms with Gasteiger partial charge in [-0.05, 0) is 0 Å². The van der Waals surface area contributed by atoms with Gasteiger partial charge in [0, 0.05) is 0 Å². The predicted octanol–water partition coefficient (Wildman–Crippen LogP) is 2.09. The summed E-state index contributed by atoms with van der Waals surface area (Å²) in [5.41, 5.74) is 0. The van der Waals surface area contributed by atoms with Gasteiger partial charge in [-0.2, -0.15) is 0 Å². The third-order valence-electron chi connectivity index (χ3n) is 0. The fraction of sp³-hybridized carbons (Fsp3) is 0. The van der Waals surface area contributed by atoms with Crippen LogP contribution in [0.3, 0.4) is 0 Å². The molecule has 0 bridgehead atoms. The van der Waals surface area contributed by atoms with Crippen LogP contribution in [0.15, 0.2) is 0 Å². The van der Waals surface area contributed by atoms with Crippen LogP contribution in [0.1, 0.15) is 0 Å². The summed E-state index contributed by atoms with van der Waals surface area (Å²) >= 11 is 11.4. The van der Waals surface area contributed by atoms with Crippen LogP contribution in [0.4, 0.5) is 0 Å². The zero-order chi connectivity index (χ0) is 4.50. The Balaban J connectivity index is 0. The first-order valence-electron chi connectivity index (χ1n) is 0.756. The van der Waals surface area contributed by atoms with Crippen molar-refractivity contribution in [2.45, 2.75) is 0 Å². The molecule has 0 aliphatic heterocycles. The molecule has 0 unspecified atom stereocenters. The van der Waals surface area contributed by atoms with Crippen molar-refractivity contribution in [2.24, 2.45) is 0 Å². The molecule has 0 aliphatic rings. The molecule has 0 aliphatic carbocycles. The molecule has 0 heterocycles. The average Bonchev–Trinajstić information content (AvgIpc) is 0.722. The Hall–Kier alpha value is 4.10. The first-order valence-corrected chi connectivity index (χ1v) is 34.5. The van der Waals surface area contributed by atoms with E-state index in [1.165, 1.54) is 0 Å². The van der Waals surface area contributed by atoms with Gasteiger partial charge in [-0.25, -0.2) is 0 Å². The Bertz CT molecular complexity index is 23.0. The zero-order valence-electron chi connectivity index (χ0n) is 2.01. The molecule has 0 aromatic rings. The van der Waals surface area contributed by atoms with Crippen LogP contribution in [0.5, 0.6) is 0 Å². The second kappa shape index (κ2) is 5.85. The third-order valence-corrected chi connectivity index (χ3v) is 0. The summed E-state index contributed by atoms with van der Waals surface area (Å²) in [5, 5.41) is 0. The van der Waals surface area contributed by atoms with Gasteiger partial charge in [0.05, 0.1) is 0 Å². The van der Waals surface area contributed by atoms with Crippen LogP contribution in [0, 0.1) is 0 Å².